The quantitative estimate of drug-likeness (QED) is 0.849. The van der Waals surface area contributed by atoms with Crippen molar-refractivity contribution in [3.63, 3.8) is 0 Å². The summed E-state index contributed by atoms with van der Waals surface area (Å²) in [5.74, 6) is 1.10. The Labute approximate surface area is 131 Å². The van der Waals surface area contributed by atoms with Gasteiger partial charge < -0.3 is 15.2 Å². The maximum Gasteiger partial charge on any atom is 0.251 e. The molecule has 4 nitrogen and oxygen atoms in total. The molecule has 2 aliphatic rings. The van der Waals surface area contributed by atoms with Gasteiger partial charge in [0.15, 0.2) is 0 Å². The molecule has 1 amide bonds. The third-order valence-corrected chi connectivity index (χ3v) is 4.93. The predicted octanol–water partition coefficient (Wildman–Crippen LogP) is 2.90. The van der Waals surface area contributed by atoms with Gasteiger partial charge in [0.1, 0.15) is 5.75 Å². The van der Waals surface area contributed by atoms with Crippen LogP contribution in [0.1, 0.15) is 55.8 Å². The van der Waals surface area contributed by atoms with Gasteiger partial charge in [-0.05, 0) is 75.6 Å². The molecule has 2 N–H and O–H groups in total. The summed E-state index contributed by atoms with van der Waals surface area (Å²) in [4.78, 5) is 12.3. The number of hydrogen-bond acceptors (Lipinski definition) is 3. The topological polar surface area (TPSA) is 58.6 Å². The van der Waals surface area contributed by atoms with Crippen LogP contribution in [0.2, 0.25) is 0 Å². The highest BCUT2D eigenvalue weighted by Gasteiger charge is 2.42. The Morgan fingerprint density at radius 1 is 1.23 bits per heavy atom. The van der Waals surface area contributed by atoms with Gasteiger partial charge in [-0.1, -0.05) is 0 Å². The molecule has 1 unspecified atom stereocenters. The number of carbonyl (C=O) groups excluding carboxylic acids is 1. The van der Waals surface area contributed by atoms with E-state index in [2.05, 4.69) is 5.32 Å². The van der Waals surface area contributed by atoms with Gasteiger partial charge in [0, 0.05) is 5.56 Å². The fourth-order valence-electron chi connectivity index (χ4n) is 3.21. The molecule has 4 heteroatoms. The molecule has 0 bridgehead atoms. The van der Waals surface area contributed by atoms with Crippen LogP contribution in [0.4, 0.5) is 0 Å². The van der Waals surface area contributed by atoms with Gasteiger partial charge in [-0.15, -0.1) is 0 Å². The van der Waals surface area contributed by atoms with Gasteiger partial charge in [-0.3, -0.25) is 4.79 Å². The third-order valence-electron chi connectivity index (χ3n) is 4.93. The van der Waals surface area contributed by atoms with Gasteiger partial charge in [-0.2, -0.15) is 0 Å². The number of nitrogens with one attached hydrogen (secondary N) is 1. The Morgan fingerprint density at radius 2 is 1.86 bits per heavy atom. The van der Waals surface area contributed by atoms with Crippen molar-refractivity contribution in [1.82, 2.24) is 5.32 Å². The van der Waals surface area contributed by atoms with Crippen LogP contribution in [0.25, 0.3) is 0 Å². The first-order valence-electron chi connectivity index (χ1n) is 8.31. The minimum atomic E-state index is -0.504. The second-order valence-electron chi connectivity index (χ2n) is 6.85. The number of rotatable bonds is 6. The SMILES string of the molecule is CC(CO)(NC(=O)c1ccc(OC2CCCC2)cc1)C1CC1. The van der Waals surface area contributed by atoms with Crippen molar-refractivity contribution in [2.24, 2.45) is 5.92 Å². The minimum absolute atomic E-state index is 0.0215. The lowest BCUT2D eigenvalue weighted by Crippen LogP contribution is -2.50. The molecule has 2 fully saturated rings. The number of carbonyl (C=O) groups is 1. The molecule has 0 radical (unpaired) electrons. The molecule has 0 heterocycles. The Balaban J connectivity index is 1.60. The molecule has 0 aliphatic heterocycles. The summed E-state index contributed by atoms with van der Waals surface area (Å²) in [6.07, 6.45) is 7.21. The molecule has 0 spiro atoms. The standard InChI is InChI=1S/C18H25NO3/c1-18(12-20,14-8-9-14)19-17(21)13-6-10-16(11-7-13)22-15-4-2-3-5-15/h6-7,10-11,14-15,20H,2-5,8-9,12H2,1H3,(H,19,21). The third kappa shape index (κ3) is 3.43. The lowest BCUT2D eigenvalue weighted by atomic mass is 9.96. The molecular weight excluding hydrogens is 278 g/mol. The largest absolute Gasteiger partial charge is 0.490 e. The lowest BCUT2D eigenvalue weighted by molar-refractivity contribution is 0.0824. The monoisotopic (exact) mass is 303 g/mol. The summed E-state index contributed by atoms with van der Waals surface area (Å²) in [5.41, 5.74) is 0.106. The molecule has 0 saturated heterocycles. The van der Waals surface area contributed by atoms with Crippen LogP contribution in [0.3, 0.4) is 0 Å². The Kier molecular flexibility index (Phi) is 4.39. The molecule has 1 aromatic carbocycles. The van der Waals surface area contributed by atoms with Crippen molar-refractivity contribution in [2.75, 3.05) is 6.61 Å². The van der Waals surface area contributed by atoms with Crippen molar-refractivity contribution < 1.29 is 14.6 Å². The van der Waals surface area contributed by atoms with Crippen LogP contribution in [0, 0.1) is 5.92 Å². The van der Waals surface area contributed by atoms with Crippen LogP contribution in [-0.4, -0.2) is 29.3 Å². The van der Waals surface area contributed by atoms with Crippen LogP contribution >= 0.6 is 0 Å². The van der Waals surface area contributed by atoms with Crippen LogP contribution in [0.15, 0.2) is 24.3 Å². The summed E-state index contributed by atoms with van der Waals surface area (Å²) in [6.45, 7) is 1.90. The zero-order valence-corrected chi connectivity index (χ0v) is 13.2. The van der Waals surface area contributed by atoms with E-state index in [0.717, 1.165) is 31.4 Å². The summed E-state index contributed by atoms with van der Waals surface area (Å²) in [5, 5.41) is 12.5. The molecule has 1 atom stereocenters. The normalized spacial score (nSPS) is 21.4. The van der Waals surface area contributed by atoms with E-state index >= 15 is 0 Å². The zero-order valence-electron chi connectivity index (χ0n) is 13.2. The number of aliphatic hydroxyl groups is 1. The van der Waals surface area contributed by atoms with Crippen LogP contribution in [-0.2, 0) is 0 Å². The average molecular weight is 303 g/mol. The van der Waals surface area contributed by atoms with E-state index in [1.165, 1.54) is 12.8 Å². The highest BCUT2D eigenvalue weighted by atomic mass is 16.5. The second-order valence-corrected chi connectivity index (χ2v) is 6.85. The molecule has 3 rings (SSSR count). The van der Waals surface area contributed by atoms with Crippen LogP contribution in [0.5, 0.6) is 5.75 Å². The summed E-state index contributed by atoms with van der Waals surface area (Å²) >= 11 is 0. The molecule has 2 saturated carbocycles. The van der Waals surface area contributed by atoms with Gasteiger partial charge >= 0.3 is 0 Å². The van der Waals surface area contributed by atoms with E-state index in [1.807, 2.05) is 19.1 Å². The van der Waals surface area contributed by atoms with Crippen molar-refractivity contribution in [3.05, 3.63) is 29.8 Å². The highest BCUT2D eigenvalue weighted by Crippen LogP contribution is 2.39. The van der Waals surface area contributed by atoms with E-state index in [9.17, 15) is 9.90 Å². The molecule has 120 valence electrons. The molecule has 1 aromatic rings. The smallest absolute Gasteiger partial charge is 0.251 e. The summed E-state index contributed by atoms with van der Waals surface area (Å²) in [6, 6.07) is 7.32. The van der Waals surface area contributed by atoms with Crippen molar-refractivity contribution >= 4 is 5.91 Å². The highest BCUT2D eigenvalue weighted by molar-refractivity contribution is 5.94. The Bertz CT molecular complexity index is 518. The number of hydrogen-bond donors (Lipinski definition) is 2. The first-order chi connectivity index (χ1) is 10.6. The van der Waals surface area contributed by atoms with Crippen molar-refractivity contribution in [1.29, 1.82) is 0 Å². The van der Waals surface area contributed by atoms with E-state index in [1.54, 1.807) is 12.1 Å². The average Bonchev–Trinajstić information content (AvgIpc) is 3.27. The fraction of sp³-hybridized carbons (Fsp3) is 0.611. The zero-order chi connectivity index (χ0) is 15.6. The van der Waals surface area contributed by atoms with Crippen molar-refractivity contribution in [3.8, 4) is 5.75 Å². The predicted molar refractivity (Wildman–Crippen MR) is 85.0 cm³/mol. The minimum Gasteiger partial charge on any atom is -0.490 e. The second kappa shape index (κ2) is 6.29. The van der Waals surface area contributed by atoms with Gasteiger partial charge in [0.05, 0.1) is 18.2 Å². The number of amides is 1. The lowest BCUT2D eigenvalue weighted by Gasteiger charge is -2.28. The fourth-order valence-corrected chi connectivity index (χ4v) is 3.21. The number of benzene rings is 1. The first-order valence-corrected chi connectivity index (χ1v) is 8.31. The van der Waals surface area contributed by atoms with E-state index < -0.39 is 5.54 Å². The van der Waals surface area contributed by atoms with Gasteiger partial charge in [-0.25, -0.2) is 0 Å². The number of aliphatic hydroxyl groups excluding tert-OH is 1. The molecule has 2 aliphatic carbocycles. The summed E-state index contributed by atoms with van der Waals surface area (Å²) < 4.78 is 5.91. The van der Waals surface area contributed by atoms with E-state index in [0.29, 0.717) is 17.6 Å². The van der Waals surface area contributed by atoms with Gasteiger partial charge in [0.25, 0.3) is 5.91 Å². The van der Waals surface area contributed by atoms with Crippen LogP contribution < -0.4 is 10.1 Å². The number of ether oxygens (including phenoxy) is 1. The molecular formula is C18H25NO3. The molecule has 22 heavy (non-hydrogen) atoms. The van der Waals surface area contributed by atoms with Crippen molar-refractivity contribution in [2.45, 2.75) is 57.1 Å². The van der Waals surface area contributed by atoms with Gasteiger partial charge in [0.2, 0.25) is 0 Å². The summed E-state index contributed by atoms with van der Waals surface area (Å²) in [7, 11) is 0. The molecule has 0 aromatic heterocycles. The first kappa shape index (κ1) is 15.3. The Hall–Kier alpha value is -1.55. The maximum absolute atomic E-state index is 12.3. The van der Waals surface area contributed by atoms with E-state index in [4.69, 9.17) is 4.74 Å². The maximum atomic E-state index is 12.3. The Morgan fingerprint density at radius 3 is 2.41 bits per heavy atom. The van der Waals surface area contributed by atoms with E-state index in [-0.39, 0.29) is 12.5 Å².